The molecule has 6 heteroatoms. The third kappa shape index (κ3) is 2.76. The lowest BCUT2D eigenvalue weighted by Gasteiger charge is -2.41. The largest absolute Gasteiger partial charge is 0.497 e. The van der Waals surface area contributed by atoms with E-state index >= 15 is 0 Å². The molecule has 2 atom stereocenters. The molecule has 2 aliphatic heterocycles. The van der Waals surface area contributed by atoms with Crippen molar-refractivity contribution >= 4 is 5.97 Å². The topological polar surface area (TPSA) is 79.2 Å². The van der Waals surface area contributed by atoms with Crippen molar-refractivity contribution in [2.75, 3.05) is 26.8 Å². The molecular formula is C16H21NO5. The third-order valence-electron chi connectivity index (χ3n) is 4.66. The van der Waals surface area contributed by atoms with E-state index in [0.29, 0.717) is 44.0 Å². The van der Waals surface area contributed by atoms with Gasteiger partial charge in [0.2, 0.25) is 0 Å². The fourth-order valence-electron chi connectivity index (χ4n) is 3.27. The van der Waals surface area contributed by atoms with E-state index < -0.39 is 12.1 Å². The quantitative estimate of drug-likeness (QED) is 0.876. The van der Waals surface area contributed by atoms with Crippen LogP contribution in [-0.4, -0.2) is 53.9 Å². The Morgan fingerprint density at radius 3 is 2.73 bits per heavy atom. The smallest absolute Gasteiger partial charge is 0.306 e. The highest BCUT2D eigenvalue weighted by molar-refractivity contribution is 5.70. The molecule has 0 radical (unpaired) electrons. The predicted octanol–water partition coefficient (Wildman–Crippen LogP) is 1.29. The molecule has 1 aromatic rings. The number of aliphatic carboxylic acids is 1. The molecule has 3 rings (SSSR count). The number of ether oxygens (including phenoxy) is 2. The lowest BCUT2D eigenvalue weighted by Crippen LogP contribution is -2.49. The standard InChI is InChI=1S/C16H21NO5/c1-21-11-2-3-14-12(8-11)15(18)13(9-22-14)17-6-4-10(5-7-17)16(19)20/h2-3,8,10,13,15,18H,4-7,9H2,1H3,(H,19,20). The van der Waals surface area contributed by atoms with E-state index in [9.17, 15) is 9.90 Å². The SMILES string of the molecule is COc1ccc2c(c1)C(O)C(N1CCC(C(=O)O)CC1)CO2. The Labute approximate surface area is 129 Å². The predicted molar refractivity (Wildman–Crippen MR) is 79.2 cm³/mol. The first-order valence-corrected chi connectivity index (χ1v) is 7.56. The molecule has 0 bridgehead atoms. The molecular weight excluding hydrogens is 286 g/mol. The van der Waals surface area contributed by atoms with Gasteiger partial charge in [-0.1, -0.05) is 0 Å². The lowest BCUT2D eigenvalue weighted by atomic mass is 9.92. The van der Waals surface area contributed by atoms with Crippen LogP contribution in [0.15, 0.2) is 18.2 Å². The number of hydrogen-bond donors (Lipinski definition) is 2. The fraction of sp³-hybridized carbons (Fsp3) is 0.562. The van der Waals surface area contributed by atoms with Gasteiger partial charge < -0.3 is 19.7 Å². The number of piperidine rings is 1. The highest BCUT2D eigenvalue weighted by Crippen LogP contribution is 2.37. The summed E-state index contributed by atoms with van der Waals surface area (Å²) in [5.74, 6) is 0.372. The van der Waals surface area contributed by atoms with Crippen molar-refractivity contribution in [1.82, 2.24) is 4.90 Å². The van der Waals surface area contributed by atoms with Crippen LogP contribution in [0.25, 0.3) is 0 Å². The van der Waals surface area contributed by atoms with Crippen LogP contribution >= 0.6 is 0 Å². The van der Waals surface area contributed by atoms with Crippen LogP contribution in [0.3, 0.4) is 0 Å². The van der Waals surface area contributed by atoms with E-state index in [1.165, 1.54) is 0 Å². The van der Waals surface area contributed by atoms with Gasteiger partial charge in [-0.05, 0) is 44.1 Å². The summed E-state index contributed by atoms with van der Waals surface area (Å²) >= 11 is 0. The number of nitrogens with zero attached hydrogens (tertiary/aromatic N) is 1. The number of rotatable bonds is 3. The zero-order valence-electron chi connectivity index (χ0n) is 12.6. The van der Waals surface area contributed by atoms with Crippen molar-refractivity contribution in [1.29, 1.82) is 0 Å². The molecule has 1 aromatic carbocycles. The van der Waals surface area contributed by atoms with Gasteiger partial charge in [0.15, 0.2) is 0 Å². The number of carbonyl (C=O) groups is 1. The van der Waals surface area contributed by atoms with Gasteiger partial charge >= 0.3 is 5.97 Å². The average Bonchev–Trinajstić information content (AvgIpc) is 2.55. The van der Waals surface area contributed by atoms with Gasteiger partial charge in [0.25, 0.3) is 0 Å². The summed E-state index contributed by atoms with van der Waals surface area (Å²) in [5, 5.41) is 19.7. The second-order valence-electron chi connectivity index (χ2n) is 5.88. The van der Waals surface area contributed by atoms with Crippen LogP contribution in [-0.2, 0) is 4.79 Å². The number of carboxylic acids is 1. The van der Waals surface area contributed by atoms with Crippen LogP contribution in [0.2, 0.25) is 0 Å². The number of aliphatic hydroxyl groups excluding tert-OH is 1. The summed E-state index contributed by atoms with van der Waals surface area (Å²) in [6, 6.07) is 5.28. The summed E-state index contributed by atoms with van der Waals surface area (Å²) < 4.78 is 11.0. The van der Waals surface area contributed by atoms with E-state index in [1.807, 2.05) is 12.1 Å². The van der Waals surface area contributed by atoms with E-state index in [4.69, 9.17) is 14.6 Å². The highest BCUT2D eigenvalue weighted by atomic mass is 16.5. The molecule has 0 amide bonds. The number of hydrogen-bond acceptors (Lipinski definition) is 5. The second kappa shape index (κ2) is 6.14. The molecule has 2 heterocycles. The molecule has 0 aromatic heterocycles. The minimum Gasteiger partial charge on any atom is -0.497 e. The number of carboxylic acid groups (broad SMARTS) is 1. The first-order valence-electron chi connectivity index (χ1n) is 7.56. The minimum absolute atomic E-state index is 0.144. The number of fused-ring (bicyclic) bond motifs is 1. The Morgan fingerprint density at radius 2 is 2.09 bits per heavy atom. The Balaban J connectivity index is 1.73. The minimum atomic E-state index is -0.727. The Morgan fingerprint density at radius 1 is 1.36 bits per heavy atom. The molecule has 0 aliphatic carbocycles. The van der Waals surface area contributed by atoms with Crippen molar-refractivity contribution < 1.29 is 24.5 Å². The summed E-state index contributed by atoms with van der Waals surface area (Å²) in [4.78, 5) is 13.2. The van der Waals surface area contributed by atoms with Gasteiger partial charge in [-0.25, -0.2) is 0 Å². The van der Waals surface area contributed by atoms with Gasteiger partial charge in [-0.3, -0.25) is 9.69 Å². The van der Waals surface area contributed by atoms with Crippen LogP contribution in [0.5, 0.6) is 11.5 Å². The van der Waals surface area contributed by atoms with Crippen molar-refractivity contribution in [3.8, 4) is 11.5 Å². The molecule has 1 fully saturated rings. The van der Waals surface area contributed by atoms with Gasteiger partial charge in [-0.2, -0.15) is 0 Å². The summed E-state index contributed by atoms with van der Waals surface area (Å²) in [5.41, 5.74) is 0.732. The van der Waals surface area contributed by atoms with E-state index in [1.54, 1.807) is 13.2 Å². The molecule has 1 saturated heterocycles. The average molecular weight is 307 g/mol. The first-order chi connectivity index (χ1) is 10.6. The second-order valence-corrected chi connectivity index (χ2v) is 5.88. The molecule has 2 N–H and O–H groups in total. The molecule has 6 nitrogen and oxygen atoms in total. The summed E-state index contributed by atoms with van der Waals surface area (Å²) in [7, 11) is 1.59. The van der Waals surface area contributed by atoms with Crippen molar-refractivity contribution in [2.24, 2.45) is 5.92 Å². The molecule has 0 saturated carbocycles. The van der Waals surface area contributed by atoms with E-state index in [-0.39, 0.29) is 12.0 Å². The van der Waals surface area contributed by atoms with Crippen LogP contribution < -0.4 is 9.47 Å². The highest BCUT2D eigenvalue weighted by Gasteiger charge is 2.36. The van der Waals surface area contributed by atoms with Crippen LogP contribution in [0, 0.1) is 5.92 Å². The zero-order chi connectivity index (χ0) is 15.7. The van der Waals surface area contributed by atoms with Crippen molar-refractivity contribution in [3.63, 3.8) is 0 Å². The third-order valence-corrected chi connectivity index (χ3v) is 4.66. The Kier molecular flexibility index (Phi) is 4.22. The first kappa shape index (κ1) is 15.1. The van der Waals surface area contributed by atoms with Gasteiger partial charge in [0.1, 0.15) is 24.2 Å². The number of benzene rings is 1. The Bertz CT molecular complexity index is 553. The van der Waals surface area contributed by atoms with Crippen molar-refractivity contribution in [2.45, 2.75) is 25.0 Å². The van der Waals surface area contributed by atoms with E-state index in [2.05, 4.69) is 4.90 Å². The number of likely N-dealkylation sites (tertiary alicyclic amines) is 1. The molecule has 2 aliphatic rings. The lowest BCUT2D eigenvalue weighted by molar-refractivity contribution is -0.143. The number of methoxy groups -OCH3 is 1. The van der Waals surface area contributed by atoms with Gasteiger partial charge in [0.05, 0.1) is 19.1 Å². The molecule has 0 spiro atoms. The molecule has 120 valence electrons. The maximum atomic E-state index is 11.0. The summed E-state index contributed by atoms with van der Waals surface area (Å²) in [6.07, 6.45) is 0.577. The molecule has 22 heavy (non-hydrogen) atoms. The van der Waals surface area contributed by atoms with Gasteiger partial charge in [0, 0.05) is 5.56 Å². The monoisotopic (exact) mass is 307 g/mol. The Hall–Kier alpha value is -1.79. The maximum absolute atomic E-state index is 11.0. The van der Waals surface area contributed by atoms with Gasteiger partial charge in [-0.15, -0.1) is 0 Å². The number of aliphatic hydroxyl groups is 1. The fourth-order valence-corrected chi connectivity index (χ4v) is 3.27. The van der Waals surface area contributed by atoms with Crippen LogP contribution in [0.1, 0.15) is 24.5 Å². The normalized spacial score (nSPS) is 26.1. The molecule has 2 unspecified atom stereocenters. The van der Waals surface area contributed by atoms with Crippen molar-refractivity contribution in [3.05, 3.63) is 23.8 Å². The van der Waals surface area contributed by atoms with Crippen LogP contribution in [0.4, 0.5) is 0 Å². The maximum Gasteiger partial charge on any atom is 0.306 e. The van der Waals surface area contributed by atoms with E-state index in [0.717, 1.165) is 5.56 Å². The summed E-state index contributed by atoms with van der Waals surface area (Å²) in [6.45, 7) is 1.75. The zero-order valence-corrected chi connectivity index (χ0v) is 12.6.